The molecule has 0 bridgehead atoms. The fourth-order valence-electron chi connectivity index (χ4n) is 2.64. The highest BCUT2D eigenvalue weighted by Crippen LogP contribution is 2.54. The maximum Gasteiger partial charge on any atom is 0.500 e. The molecule has 23 heavy (non-hydrogen) atoms. The van der Waals surface area contributed by atoms with Crippen LogP contribution in [0.4, 0.5) is 0 Å². The average molecular weight is 345 g/mol. The van der Waals surface area contributed by atoms with E-state index < -0.39 is 20.2 Å². The van der Waals surface area contributed by atoms with Gasteiger partial charge in [0.2, 0.25) is 5.91 Å². The van der Waals surface area contributed by atoms with Crippen molar-refractivity contribution >= 4 is 20.7 Å². The number of rotatable bonds is 11. The van der Waals surface area contributed by atoms with E-state index in [0.29, 0.717) is 25.4 Å². The molecule has 8 heteroatoms. The second-order valence-corrected chi connectivity index (χ2v) is 8.48. The van der Waals surface area contributed by atoms with Gasteiger partial charge < -0.3 is 23.3 Å². The Morgan fingerprint density at radius 1 is 1.30 bits per heavy atom. The number of carbonyl (C=O) groups excluding carboxylic acids is 2. The molecule has 132 valence electrons. The van der Waals surface area contributed by atoms with Gasteiger partial charge in [0.1, 0.15) is 0 Å². The smallest absolute Gasteiger partial charge is 0.465 e. The Morgan fingerprint density at radius 3 is 2.35 bits per heavy atom. The van der Waals surface area contributed by atoms with Gasteiger partial charge in [0, 0.05) is 39.8 Å². The first-order valence-corrected chi connectivity index (χ1v) is 9.63. The number of allylic oxidation sites excluding steroid dienone is 1. The fraction of sp³-hybridized carbons (Fsp3) is 0.733. The van der Waals surface area contributed by atoms with E-state index in [4.69, 9.17) is 18.0 Å². The molecule has 0 saturated heterocycles. The molecule has 1 aliphatic rings. The summed E-state index contributed by atoms with van der Waals surface area (Å²) in [6, 6.07) is 0.577. The van der Waals surface area contributed by atoms with Gasteiger partial charge >= 0.3 is 14.8 Å². The minimum Gasteiger partial charge on any atom is -0.465 e. The van der Waals surface area contributed by atoms with E-state index in [1.165, 1.54) is 0 Å². The monoisotopic (exact) mass is 345 g/mol. The second-order valence-electron chi connectivity index (χ2n) is 5.39. The molecule has 0 heterocycles. The van der Waals surface area contributed by atoms with Crippen molar-refractivity contribution in [3.63, 3.8) is 0 Å². The third kappa shape index (κ3) is 4.20. The fourth-order valence-corrected chi connectivity index (χ4v) is 4.36. The van der Waals surface area contributed by atoms with Gasteiger partial charge in [0.05, 0.1) is 6.61 Å². The zero-order valence-corrected chi connectivity index (χ0v) is 15.3. The van der Waals surface area contributed by atoms with E-state index in [-0.39, 0.29) is 18.4 Å². The molecule has 2 unspecified atom stereocenters. The van der Waals surface area contributed by atoms with E-state index in [2.05, 4.69) is 11.9 Å². The van der Waals surface area contributed by atoms with Crippen molar-refractivity contribution in [1.29, 1.82) is 0 Å². The number of ether oxygens (including phenoxy) is 1. The molecule has 0 spiro atoms. The molecule has 1 N–H and O–H groups in total. The van der Waals surface area contributed by atoms with Gasteiger partial charge in [-0.15, -0.1) is 6.58 Å². The third-order valence-corrected chi connectivity index (χ3v) is 7.05. The van der Waals surface area contributed by atoms with E-state index in [9.17, 15) is 9.59 Å². The highest BCUT2D eigenvalue weighted by Gasteiger charge is 2.65. The van der Waals surface area contributed by atoms with Crippen molar-refractivity contribution in [3.8, 4) is 0 Å². The van der Waals surface area contributed by atoms with E-state index in [1.54, 1.807) is 34.3 Å². The van der Waals surface area contributed by atoms with Crippen LogP contribution in [0.25, 0.3) is 0 Å². The molecule has 0 aromatic carbocycles. The number of esters is 1. The van der Waals surface area contributed by atoms with Crippen LogP contribution in [0.3, 0.4) is 0 Å². The van der Waals surface area contributed by atoms with E-state index >= 15 is 0 Å². The van der Waals surface area contributed by atoms with Crippen LogP contribution in [0.15, 0.2) is 12.7 Å². The Hall–Kier alpha value is -1.22. The standard InChI is InChI=1S/C15H27NO6Si/c1-6-12-11-15(12,14(18)22-7-2)13(17)16-9-8-10-23(19-3,20-4)21-5/h6,12H,1,7-11H2,2-5H3,(H,16,17). The van der Waals surface area contributed by atoms with Crippen LogP contribution in [0.1, 0.15) is 19.8 Å². The average Bonchev–Trinajstić information content (AvgIpc) is 3.32. The van der Waals surface area contributed by atoms with Gasteiger partial charge in [-0.2, -0.15) is 0 Å². The van der Waals surface area contributed by atoms with Crippen molar-refractivity contribution in [1.82, 2.24) is 5.32 Å². The molecule has 1 amide bonds. The highest BCUT2D eigenvalue weighted by atomic mass is 28.4. The first-order chi connectivity index (χ1) is 11.0. The van der Waals surface area contributed by atoms with Crippen molar-refractivity contribution in [2.75, 3.05) is 34.5 Å². The molecule has 0 radical (unpaired) electrons. The minimum absolute atomic E-state index is 0.160. The normalized spacial score (nSPS) is 23.2. The summed E-state index contributed by atoms with van der Waals surface area (Å²) in [5, 5.41) is 2.80. The molecule has 1 aliphatic carbocycles. The summed E-state index contributed by atoms with van der Waals surface area (Å²) in [6.45, 7) is 6.06. The Morgan fingerprint density at radius 2 is 1.91 bits per heavy atom. The summed E-state index contributed by atoms with van der Waals surface area (Å²) in [4.78, 5) is 24.5. The van der Waals surface area contributed by atoms with Gasteiger partial charge in [-0.1, -0.05) is 6.08 Å². The van der Waals surface area contributed by atoms with Crippen molar-refractivity contribution in [2.45, 2.75) is 25.8 Å². The van der Waals surface area contributed by atoms with Gasteiger partial charge in [0.25, 0.3) is 0 Å². The second kappa shape index (κ2) is 8.58. The predicted molar refractivity (Wildman–Crippen MR) is 86.6 cm³/mol. The Kier molecular flexibility index (Phi) is 7.39. The molecule has 0 aliphatic heterocycles. The van der Waals surface area contributed by atoms with Crippen LogP contribution in [-0.4, -0.2) is 55.2 Å². The predicted octanol–water partition coefficient (Wildman–Crippen LogP) is 1.13. The van der Waals surface area contributed by atoms with Crippen LogP contribution >= 0.6 is 0 Å². The number of carbonyl (C=O) groups is 2. The maximum atomic E-state index is 12.4. The SMILES string of the molecule is C=CC1CC1(C(=O)NCCC[Si](OC)(OC)OC)C(=O)OCC. The molecule has 0 aromatic rings. The zero-order chi connectivity index (χ0) is 17.5. The number of hydrogen-bond acceptors (Lipinski definition) is 6. The third-order valence-electron chi connectivity index (χ3n) is 4.22. The minimum atomic E-state index is -2.63. The van der Waals surface area contributed by atoms with Gasteiger partial charge in [-0.25, -0.2) is 0 Å². The quantitative estimate of drug-likeness (QED) is 0.199. The molecule has 1 fully saturated rings. The van der Waals surface area contributed by atoms with Crippen molar-refractivity contribution < 1.29 is 27.6 Å². The lowest BCUT2D eigenvalue weighted by molar-refractivity contribution is -0.154. The molecule has 1 rings (SSSR count). The molecular weight excluding hydrogens is 318 g/mol. The van der Waals surface area contributed by atoms with Crippen LogP contribution in [-0.2, 0) is 27.6 Å². The van der Waals surface area contributed by atoms with Gasteiger partial charge in [-0.3, -0.25) is 9.59 Å². The largest absolute Gasteiger partial charge is 0.500 e. The number of nitrogens with one attached hydrogen (secondary N) is 1. The Bertz CT molecular complexity index is 431. The Labute approximate surface area is 138 Å². The molecule has 7 nitrogen and oxygen atoms in total. The molecule has 2 atom stereocenters. The lowest BCUT2D eigenvalue weighted by atomic mass is 10.0. The molecule has 1 saturated carbocycles. The van der Waals surface area contributed by atoms with Crippen LogP contribution in [0.5, 0.6) is 0 Å². The summed E-state index contributed by atoms with van der Waals surface area (Å²) >= 11 is 0. The van der Waals surface area contributed by atoms with Gasteiger partial charge in [0.15, 0.2) is 5.41 Å². The van der Waals surface area contributed by atoms with Crippen LogP contribution < -0.4 is 5.32 Å². The van der Waals surface area contributed by atoms with Crippen LogP contribution in [0, 0.1) is 11.3 Å². The summed E-state index contributed by atoms with van der Waals surface area (Å²) < 4.78 is 21.0. The van der Waals surface area contributed by atoms with Crippen molar-refractivity contribution in [2.24, 2.45) is 11.3 Å². The van der Waals surface area contributed by atoms with Gasteiger partial charge in [-0.05, 0) is 19.8 Å². The lowest BCUT2D eigenvalue weighted by Gasteiger charge is -2.24. The zero-order valence-electron chi connectivity index (χ0n) is 14.3. The summed E-state index contributed by atoms with van der Waals surface area (Å²) in [5.74, 6) is -0.941. The Balaban J connectivity index is 2.52. The van der Waals surface area contributed by atoms with E-state index in [0.717, 1.165) is 0 Å². The number of hydrogen-bond donors (Lipinski definition) is 1. The van der Waals surface area contributed by atoms with Crippen molar-refractivity contribution in [3.05, 3.63) is 12.7 Å². The maximum absolute atomic E-state index is 12.4. The lowest BCUT2D eigenvalue weighted by Crippen LogP contribution is -2.44. The first kappa shape index (κ1) is 19.8. The topological polar surface area (TPSA) is 83.1 Å². The molecule has 0 aromatic heterocycles. The van der Waals surface area contributed by atoms with E-state index in [1.807, 2.05) is 0 Å². The summed E-state index contributed by atoms with van der Waals surface area (Å²) in [6.07, 6.45) is 2.72. The highest BCUT2D eigenvalue weighted by molar-refractivity contribution is 6.60. The summed E-state index contributed by atoms with van der Waals surface area (Å²) in [5.41, 5.74) is -1.10. The number of amides is 1. The summed E-state index contributed by atoms with van der Waals surface area (Å²) in [7, 11) is 2.01. The van der Waals surface area contributed by atoms with Crippen LogP contribution in [0.2, 0.25) is 6.04 Å². The molecular formula is C15H27NO6Si. The first-order valence-electron chi connectivity index (χ1n) is 7.69.